The monoisotopic (exact) mass is 261 g/mol. The Kier molecular flexibility index (Phi) is 6.41. The minimum absolute atomic E-state index is 0.713. The fourth-order valence-corrected chi connectivity index (χ4v) is 0.691. The van der Waals surface area contributed by atoms with Gasteiger partial charge in [0.2, 0.25) is 0 Å². The van der Waals surface area contributed by atoms with Gasteiger partial charge in [-0.15, -0.1) is 5.53 Å². The molecule has 0 aliphatic heterocycles. The molecule has 12 heteroatoms. The number of phosphoric acid groups is 1. The van der Waals surface area contributed by atoms with Gasteiger partial charge in [-0.1, -0.05) is 0 Å². The minimum Gasteiger partial charge on any atom is -0.342 e. The molecular weight excluding hydrogens is 253 g/mol. The molecule has 0 atom stereocenters. The summed E-state index contributed by atoms with van der Waals surface area (Å²) in [5.41, 5.74) is 13.8. The predicted octanol–water partition coefficient (Wildman–Crippen LogP) is 0.300. The van der Waals surface area contributed by atoms with Crippen LogP contribution in [0.5, 0.6) is 0 Å². The van der Waals surface area contributed by atoms with E-state index < -0.39 is 7.82 Å². The molecule has 0 fully saturated rings. The van der Waals surface area contributed by atoms with Crippen LogP contribution in [0.4, 0.5) is 0 Å². The van der Waals surface area contributed by atoms with Crippen LogP contribution in [0.1, 0.15) is 0 Å². The molecule has 0 saturated heterocycles. The van der Waals surface area contributed by atoms with E-state index in [4.69, 9.17) is 30.3 Å². The second kappa shape index (κ2) is 7.28. The Balaban J connectivity index is 0.000000276. The Morgan fingerprint density at radius 1 is 1.41 bits per heavy atom. The Bertz CT molecular complexity index is 491. The summed E-state index contributed by atoms with van der Waals surface area (Å²) in [5, 5.41) is 0. The second-order valence-corrected chi connectivity index (χ2v) is 3.30. The number of hydrogen-bond acceptors (Lipinski definition) is 5. The molecule has 0 spiro atoms. The van der Waals surface area contributed by atoms with E-state index in [1.165, 1.54) is 6.33 Å². The van der Waals surface area contributed by atoms with Crippen molar-refractivity contribution in [2.24, 2.45) is 0 Å². The average molecular weight is 261 g/mol. The van der Waals surface area contributed by atoms with Gasteiger partial charge in [0.25, 0.3) is 0 Å². The summed E-state index contributed by atoms with van der Waals surface area (Å²) >= 11 is 0. The van der Waals surface area contributed by atoms with Crippen LogP contribution in [-0.2, 0) is 4.57 Å². The number of H-pyrrole nitrogens is 1. The zero-order chi connectivity index (χ0) is 13.3. The maximum absolute atomic E-state index is 8.88. The van der Waals surface area contributed by atoms with E-state index in [2.05, 4.69) is 19.9 Å². The molecule has 17 heavy (non-hydrogen) atoms. The van der Waals surface area contributed by atoms with E-state index in [9.17, 15) is 0 Å². The van der Waals surface area contributed by atoms with Crippen LogP contribution in [0.3, 0.4) is 0 Å². The Morgan fingerprint density at radius 3 is 2.41 bits per heavy atom. The Labute approximate surface area is 93.8 Å². The van der Waals surface area contributed by atoms with E-state index in [1.807, 2.05) is 0 Å². The number of hydrogen-bond donors (Lipinski definition) is 5. The molecule has 0 aromatic carbocycles. The van der Waals surface area contributed by atoms with Gasteiger partial charge in [-0.2, -0.15) is 0 Å². The topological polar surface area (TPSA) is 192 Å². The zero-order valence-electron chi connectivity index (χ0n) is 8.17. The van der Waals surface area contributed by atoms with Crippen molar-refractivity contribution in [1.29, 1.82) is 5.53 Å². The van der Waals surface area contributed by atoms with Crippen LogP contribution < -0.4 is 0 Å². The lowest BCUT2D eigenvalue weighted by molar-refractivity contribution is 0.275. The highest BCUT2D eigenvalue weighted by Crippen LogP contribution is 2.25. The average Bonchev–Trinajstić information content (AvgIpc) is 2.63. The van der Waals surface area contributed by atoms with Crippen molar-refractivity contribution in [3.8, 4) is 0 Å². The van der Waals surface area contributed by atoms with Crippen molar-refractivity contribution >= 4 is 19.0 Å². The van der Waals surface area contributed by atoms with Gasteiger partial charge in [-0.25, -0.2) is 19.5 Å². The quantitative estimate of drug-likeness (QED) is 0.194. The highest BCUT2D eigenvalue weighted by Gasteiger charge is 2.00. The molecule has 92 valence electrons. The number of rotatable bonds is 0. The summed E-state index contributed by atoms with van der Waals surface area (Å²) in [4.78, 5) is 37.8. The first-order valence-electron chi connectivity index (χ1n) is 3.76. The summed E-state index contributed by atoms with van der Waals surface area (Å²) < 4.78 is 8.88. The van der Waals surface area contributed by atoms with Crippen molar-refractivity contribution in [3.05, 3.63) is 29.3 Å². The van der Waals surface area contributed by atoms with E-state index >= 15 is 0 Å². The van der Waals surface area contributed by atoms with Crippen molar-refractivity contribution in [2.75, 3.05) is 0 Å². The third kappa shape index (κ3) is 8.93. The maximum atomic E-state index is 8.88. The van der Waals surface area contributed by atoms with Gasteiger partial charge in [0.1, 0.15) is 11.8 Å². The lowest BCUT2D eigenvalue weighted by Gasteiger charge is -1.82. The van der Waals surface area contributed by atoms with Crippen LogP contribution >= 0.6 is 7.82 Å². The lowest BCUT2D eigenvalue weighted by atomic mass is 10.6. The number of fused-ring (bicyclic) bond motifs is 1. The van der Waals surface area contributed by atoms with Gasteiger partial charge in [-0.05, 0) is 10.4 Å². The molecule has 0 unspecified atom stereocenters. The van der Waals surface area contributed by atoms with E-state index in [1.54, 1.807) is 17.4 Å². The van der Waals surface area contributed by atoms with E-state index in [-0.39, 0.29) is 0 Å². The molecule has 2 aromatic rings. The van der Waals surface area contributed by atoms with Gasteiger partial charge < -0.3 is 19.7 Å². The Hall–Kier alpha value is -2.03. The van der Waals surface area contributed by atoms with Gasteiger partial charge in [0.15, 0.2) is 5.65 Å². The van der Waals surface area contributed by atoms with Gasteiger partial charge in [0, 0.05) is 0 Å². The summed E-state index contributed by atoms with van der Waals surface area (Å²) in [6.07, 6.45) is 4.76. The molecule has 5 N–H and O–H groups in total. The first kappa shape index (κ1) is 15.0. The largest absolute Gasteiger partial charge is 0.466 e. The minimum atomic E-state index is -4.64. The van der Waals surface area contributed by atoms with Gasteiger partial charge >= 0.3 is 7.82 Å². The molecule has 0 saturated carbocycles. The first-order chi connectivity index (χ1) is 7.88. The maximum Gasteiger partial charge on any atom is 0.466 e. The highest BCUT2D eigenvalue weighted by atomic mass is 31.2. The smallest absolute Gasteiger partial charge is 0.342 e. The molecule has 0 aliphatic carbocycles. The van der Waals surface area contributed by atoms with Crippen LogP contribution in [0.15, 0.2) is 18.9 Å². The number of aromatic nitrogens is 4. The number of imidazole rings is 1. The highest BCUT2D eigenvalue weighted by molar-refractivity contribution is 7.45. The van der Waals surface area contributed by atoms with Gasteiger partial charge in [-0.3, -0.25) is 0 Å². The SMILES string of the molecule is O=P(O)(O)O.[N-]=[N+]=N.c1ncc2[nH]cnc2n1. The molecule has 0 bridgehead atoms. The normalized spacial score (nSPS) is 9.35. The third-order valence-electron chi connectivity index (χ3n) is 1.10. The van der Waals surface area contributed by atoms with Crippen LogP contribution in [-0.4, -0.2) is 34.6 Å². The summed E-state index contributed by atoms with van der Waals surface area (Å²) in [5.74, 6) is 0. The van der Waals surface area contributed by atoms with Crippen molar-refractivity contribution in [1.82, 2.24) is 19.9 Å². The number of aromatic amines is 1. The molecular formula is C5H8N7O4P. The number of nitrogens with zero attached hydrogens (tertiary/aromatic N) is 5. The lowest BCUT2D eigenvalue weighted by Crippen LogP contribution is -1.76. The molecule has 0 aliphatic rings. The second-order valence-electron chi connectivity index (χ2n) is 2.28. The molecule has 0 radical (unpaired) electrons. The van der Waals surface area contributed by atoms with Crippen molar-refractivity contribution in [3.63, 3.8) is 0 Å². The van der Waals surface area contributed by atoms with Crippen LogP contribution in [0.25, 0.3) is 21.6 Å². The predicted molar refractivity (Wildman–Crippen MR) is 55.4 cm³/mol. The van der Waals surface area contributed by atoms with Crippen molar-refractivity contribution < 1.29 is 19.2 Å². The third-order valence-corrected chi connectivity index (χ3v) is 1.10. The molecule has 2 heterocycles. The zero-order valence-corrected chi connectivity index (χ0v) is 9.06. The number of nitrogens with one attached hydrogen (secondary N) is 2. The molecule has 2 aromatic heterocycles. The molecule has 2 rings (SSSR count). The Morgan fingerprint density at radius 2 is 1.94 bits per heavy atom. The standard InChI is InChI=1S/C5H4N4.HN3.H3O4P/c1-4-5(8-2-6-1)9-3-7-4;1-3-2;1-5(2,3)4/h1-3H,(H,6,7,8,9);1H;(H3,1,2,3,4). The summed E-state index contributed by atoms with van der Waals surface area (Å²) in [7, 11) is -4.64. The van der Waals surface area contributed by atoms with E-state index in [0.29, 0.717) is 5.65 Å². The van der Waals surface area contributed by atoms with E-state index in [0.717, 1.165) is 5.52 Å². The van der Waals surface area contributed by atoms with Gasteiger partial charge in [0.05, 0.1) is 12.5 Å². The van der Waals surface area contributed by atoms with Crippen LogP contribution in [0.2, 0.25) is 0 Å². The summed E-state index contributed by atoms with van der Waals surface area (Å²) in [6.45, 7) is 0. The first-order valence-corrected chi connectivity index (χ1v) is 5.33. The fraction of sp³-hybridized carbons (Fsp3) is 0. The van der Waals surface area contributed by atoms with Crippen molar-refractivity contribution in [2.45, 2.75) is 0 Å². The van der Waals surface area contributed by atoms with Crippen LogP contribution in [0, 0.1) is 5.53 Å². The summed E-state index contributed by atoms with van der Waals surface area (Å²) in [6, 6.07) is 0. The molecule has 0 amide bonds. The molecule has 11 nitrogen and oxygen atoms in total. The fourth-order valence-electron chi connectivity index (χ4n) is 0.691.